The Morgan fingerprint density at radius 3 is 2.29 bits per heavy atom. The number of fused-ring (bicyclic) bond motifs is 2. The highest BCUT2D eigenvalue weighted by Crippen LogP contribution is 2.54. The van der Waals surface area contributed by atoms with E-state index in [4.69, 9.17) is 19.9 Å². The minimum atomic E-state index is 0.00931. The van der Waals surface area contributed by atoms with E-state index in [9.17, 15) is 0 Å². The minimum Gasteiger partial charge on any atom is -0.493 e. The van der Waals surface area contributed by atoms with E-state index in [1.54, 1.807) is 21.3 Å². The Bertz CT molecular complexity index is 517. The molecule has 4 atom stereocenters. The van der Waals surface area contributed by atoms with Crippen molar-refractivity contribution in [1.29, 1.82) is 0 Å². The smallest absolute Gasteiger partial charge is 0.203 e. The van der Waals surface area contributed by atoms with Gasteiger partial charge in [0.2, 0.25) is 5.75 Å². The monoisotopic (exact) mass is 291 g/mol. The molecule has 2 saturated carbocycles. The van der Waals surface area contributed by atoms with Crippen LogP contribution in [0.4, 0.5) is 0 Å². The van der Waals surface area contributed by atoms with Gasteiger partial charge in [-0.05, 0) is 49.1 Å². The Balaban J connectivity index is 1.94. The van der Waals surface area contributed by atoms with Crippen molar-refractivity contribution < 1.29 is 14.2 Å². The van der Waals surface area contributed by atoms with Gasteiger partial charge in [-0.1, -0.05) is 6.42 Å². The molecule has 0 aromatic heterocycles. The molecular formula is C17H25NO3. The molecule has 2 fully saturated rings. The summed E-state index contributed by atoms with van der Waals surface area (Å²) in [5, 5.41) is 0. The Labute approximate surface area is 126 Å². The number of methoxy groups -OCH3 is 3. The summed E-state index contributed by atoms with van der Waals surface area (Å²) in [7, 11) is 4.92. The van der Waals surface area contributed by atoms with E-state index in [-0.39, 0.29) is 6.04 Å². The Kier molecular flexibility index (Phi) is 3.98. The molecule has 1 aromatic rings. The summed E-state index contributed by atoms with van der Waals surface area (Å²) in [5.74, 6) is 4.26. The van der Waals surface area contributed by atoms with Gasteiger partial charge in [0.15, 0.2) is 11.5 Å². The molecule has 21 heavy (non-hydrogen) atoms. The lowest BCUT2D eigenvalue weighted by Gasteiger charge is -2.29. The third-order valence-corrected chi connectivity index (χ3v) is 5.35. The van der Waals surface area contributed by atoms with Crippen molar-refractivity contribution in [1.82, 2.24) is 0 Å². The van der Waals surface area contributed by atoms with Gasteiger partial charge in [0.25, 0.3) is 0 Å². The number of benzene rings is 1. The first kappa shape index (κ1) is 14.5. The maximum Gasteiger partial charge on any atom is 0.203 e. The summed E-state index contributed by atoms with van der Waals surface area (Å²) in [6, 6.07) is 3.95. The molecule has 0 saturated heterocycles. The van der Waals surface area contributed by atoms with E-state index in [1.165, 1.54) is 25.7 Å². The zero-order chi connectivity index (χ0) is 15.0. The third kappa shape index (κ3) is 2.35. The zero-order valence-corrected chi connectivity index (χ0v) is 13.1. The number of ether oxygens (including phenoxy) is 3. The van der Waals surface area contributed by atoms with E-state index in [0.717, 1.165) is 17.4 Å². The highest BCUT2D eigenvalue weighted by molar-refractivity contribution is 5.56. The average molecular weight is 291 g/mol. The SMILES string of the molecule is COc1ccc(C(N)C2CC3CCC2C3)c(OC)c1OC. The van der Waals surface area contributed by atoms with Crippen molar-refractivity contribution in [3.63, 3.8) is 0 Å². The normalized spacial score (nSPS) is 28.5. The first-order chi connectivity index (χ1) is 10.2. The predicted molar refractivity (Wildman–Crippen MR) is 82.0 cm³/mol. The molecule has 0 spiro atoms. The van der Waals surface area contributed by atoms with E-state index in [1.807, 2.05) is 12.1 Å². The van der Waals surface area contributed by atoms with Crippen LogP contribution in [0.1, 0.15) is 37.3 Å². The first-order valence-electron chi connectivity index (χ1n) is 7.74. The molecule has 116 valence electrons. The van der Waals surface area contributed by atoms with Crippen LogP contribution in [0.25, 0.3) is 0 Å². The lowest BCUT2D eigenvalue weighted by molar-refractivity contribution is 0.273. The second-order valence-electron chi connectivity index (χ2n) is 6.29. The highest BCUT2D eigenvalue weighted by Gasteiger charge is 2.43. The van der Waals surface area contributed by atoms with Crippen LogP contribution in [0.15, 0.2) is 12.1 Å². The van der Waals surface area contributed by atoms with Crippen LogP contribution in [-0.4, -0.2) is 21.3 Å². The Hall–Kier alpha value is -1.42. The summed E-state index contributed by atoms with van der Waals surface area (Å²) in [6.07, 6.45) is 5.33. The van der Waals surface area contributed by atoms with E-state index >= 15 is 0 Å². The fourth-order valence-corrected chi connectivity index (χ4v) is 4.35. The first-order valence-corrected chi connectivity index (χ1v) is 7.74. The van der Waals surface area contributed by atoms with Gasteiger partial charge in [0.05, 0.1) is 21.3 Å². The number of rotatable bonds is 5. The van der Waals surface area contributed by atoms with Crippen molar-refractivity contribution in [2.45, 2.75) is 31.7 Å². The summed E-state index contributed by atoms with van der Waals surface area (Å²) >= 11 is 0. The molecule has 1 aromatic carbocycles. The van der Waals surface area contributed by atoms with Gasteiger partial charge < -0.3 is 19.9 Å². The Morgan fingerprint density at radius 2 is 1.76 bits per heavy atom. The molecular weight excluding hydrogens is 266 g/mol. The molecule has 0 radical (unpaired) electrons. The number of nitrogens with two attached hydrogens (primary N) is 1. The van der Waals surface area contributed by atoms with Crippen molar-refractivity contribution in [3.8, 4) is 17.2 Å². The van der Waals surface area contributed by atoms with E-state index in [0.29, 0.717) is 23.2 Å². The van der Waals surface area contributed by atoms with Gasteiger partial charge in [0.1, 0.15) is 0 Å². The number of hydrogen-bond donors (Lipinski definition) is 1. The minimum absolute atomic E-state index is 0.00931. The second-order valence-corrected chi connectivity index (χ2v) is 6.29. The van der Waals surface area contributed by atoms with E-state index in [2.05, 4.69) is 0 Å². The van der Waals surface area contributed by atoms with Gasteiger partial charge in [0, 0.05) is 11.6 Å². The van der Waals surface area contributed by atoms with Crippen LogP contribution in [0.3, 0.4) is 0 Å². The van der Waals surface area contributed by atoms with Gasteiger partial charge in [-0.25, -0.2) is 0 Å². The molecule has 3 rings (SSSR count). The lowest BCUT2D eigenvalue weighted by Crippen LogP contribution is -2.26. The second kappa shape index (κ2) is 5.76. The number of hydrogen-bond acceptors (Lipinski definition) is 4. The fourth-order valence-electron chi connectivity index (χ4n) is 4.35. The van der Waals surface area contributed by atoms with Crippen LogP contribution in [0.5, 0.6) is 17.2 Å². The van der Waals surface area contributed by atoms with Crippen LogP contribution in [0.2, 0.25) is 0 Å². The third-order valence-electron chi connectivity index (χ3n) is 5.35. The van der Waals surface area contributed by atoms with Gasteiger partial charge in [-0.3, -0.25) is 0 Å². The summed E-state index contributed by atoms with van der Waals surface area (Å²) in [4.78, 5) is 0. The van der Waals surface area contributed by atoms with Gasteiger partial charge in [-0.15, -0.1) is 0 Å². The fraction of sp³-hybridized carbons (Fsp3) is 0.647. The predicted octanol–water partition coefficient (Wildman–Crippen LogP) is 3.15. The van der Waals surface area contributed by atoms with E-state index < -0.39 is 0 Å². The highest BCUT2D eigenvalue weighted by atomic mass is 16.5. The molecule has 4 heteroatoms. The molecule has 2 bridgehead atoms. The molecule has 0 amide bonds. The summed E-state index contributed by atoms with van der Waals surface area (Å²) in [6.45, 7) is 0. The topological polar surface area (TPSA) is 53.7 Å². The molecule has 0 heterocycles. The summed E-state index contributed by atoms with van der Waals surface area (Å²) < 4.78 is 16.4. The largest absolute Gasteiger partial charge is 0.493 e. The molecule has 2 N–H and O–H groups in total. The van der Waals surface area contributed by atoms with Crippen LogP contribution >= 0.6 is 0 Å². The van der Waals surface area contributed by atoms with Crippen LogP contribution in [-0.2, 0) is 0 Å². The lowest BCUT2D eigenvalue weighted by atomic mass is 9.80. The molecule has 4 unspecified atom stereocenters. The average Bonchev–Trinajstić information content (AvgIpc) is 3.15. The quantitative estimate of drug-likeness (QED) is 0.905. The maximum atomic E-state index is 6.60. The van der Waals surface area contributed by atoms with Crippen LogP contribution < -0.4 is 19.9 Å². The Morgan fingerprint density at radius 1 is 1.00 bits per heavy atom. The molecule has 4 nitrogen and oxygen atoms in total. The van der Waals surface area contributed by atoms with Crippen LogP contribution in [0, 0.1) is 17.8 Å². The zero-order valence-electron chi connectivity index (χ0n) is 13.1. The molecule has 0 aliphatic heterocycles. The molecule has 2 aliphatic rings. The van der Waals surface area contributed by atoms with Crippen molar-refractivity contribution in [2.24, 2.45) is 23.5 Å². The standard InChI is InChI=1S/C17H25NO3/c1-19-14-7-6-12(16(20-2)17(14)21-3)15(18)13-9-10-4-5-11(13)8-10/h6-7,10-11,13,15H,4-5,8-9,18H2,1-3H3. The van der Waals surface area contributed by atoms with Crippen molar-refractivity contribution in [2.75, 3.05) is 21.3 Å². The van der Waals surface area contributed by atoms with Crippen molar-refractivity contribution in [3.05, 3.63) is 17.7 Å². The maximum absolute atomic E-state index is 6.60. The summed E-state index contributed by atoms with van der Waals surface area (Å²) in [5.41, 5.74) is 7.64. The van der Waals surface area contributed by atoms with Gasteiger partial charge in [-0.2, -0.15) is 0 Å². The molecule has 2 aliphatic carbocycles. The van der Waals surface area contributed by atoms with Gasteiger partial charge >= 0.3 is 0 Å². The van der Waals surface area contributed by atoms with Crippen molar-refractivity contribution >= 4 is 0 Å².